The fourth-order valence-electron chi connectivity index (χ4n) is 4.35. The van der Waals surface area contributed by atoms with Gasteiger partial charge in [-0.15, -0.1) is 0 Å². The van der Waals surface area contributed by atoms with Crippen LogP contribution >= 0.6 is 0 Å². The molecule has 0 N–H and O–H groups in total. The SMILES string of the molecule is COc1cc(OC)cc(C(=O)N2C3CC2CN(c2cc(C4CC4)ncn2)C3)c1. The lowest BCUT2D eigenvalue weighted by atomic mass is 9.86. The Morgan fingerprint density at radius 1 is 1.00 bits per heavy atom. The average Bonchev–Trinajstić information content (AvgIpc) is 3.59. The number of carbonyl (C=O) groups excluding carboxylic acids is 1. The van der Waals surface area contributed by atoms with E-state index in [1.165, 1.54) is 12.8 Å². The number of aromatic nitrogens is 2. The molecule has 1 aromatic carbocycles. The van der Waals surface area contributed by atoms with Crippen molar-refractivity contribution in [3.8, 4) is 11.5 Å². The third kappa shape index (κ3) is 2.95. The van der Waals surface area contributed by atoms with Crippen LogP contribution in [-0.4, -0.2) is 60.2 Å². The quantitative estimate of drug-likeness (QED) is 0.794. The Bertz CT molecular complexity index is 880. The van der Waals surface area contributed by atoms with E-state index in [-0.39, 0.29) is 18.0 Å². The second kappa shape index (κ2) is 6.65. The first-order valence-electron chi connectivity index (χ1n) is 9.79. The summed E-state index contributed by atoms with van der Waals surface area (Å²) in [6.07, 6.45) is 5.18. The number of ether oxygens (including phenoxy) is 2. The predicted octanol–water partition coefficient (Wildman–Crippen LogP) is 2.47. The Labute approximate surface area is 164 Å². The van der Waals surface area contributed by atoms with Crippen LogP contribution in [0.2, 0.25) is 0 Å². The van der Waals surface area contributed by atoms with E-state index in [2.05, 4.69) is 20.9 Å². The Balaban J connectivity index is 1.32. The van der Waals surface area contributed by atoms with Gasteiger partial charge in [0.05, 0.1) is 26.3 Å². The summed E-state index contributed by atoms with van der Waals surface area (Å²) in [5.74, 6) is 2.90. The van der Waals surface area contributed by atoms with Crippen molar-refractivity contribution in [1.29, 1.82) is 0 Å². The van der Waals surface area contributed by atoms with Crippen molar-refractivity contribution < 1.29 is 14.3 Å². The molecule has 28 heavy (non-hydrogen) atoms. The van der Waals surface area contributed by atoms with Gasteiger partial charge in [-0.3, -0.25) is 4.79 Å². The van der Waals surface area contributed by atoms with E-state index in [0.717, 1.165) is 31.0 Å². The summed E-state index contributed by atoms with van der Waals surface area (Å²) >= 11 is 0. The van der Waals surface area contributed by atoms with Crippen LogP contribution in [0.1, 0.15) is 41.2 Å². The van der Waals surface area contributed by atoms with E-state index in [1.54, 1.807) is 38.7 Å². The third-order valence-electron chi connectivity index (χ3n) is 6.02. The molecule has 1 aromatic heterocycles. The molecule has 7 heteroatoms. The molecule has 4 fully saturated rings. The third-order valence-corrected chi connectivity index (χ3v) is 6.02. The highest BCUT2D eigenvalue weighted by atomic mass is 16.5. The van der Waals surface area contributed by atoms with Gasteiger partial charge in [-0.25, -0.2) is 9.97 Å². The van der Waals surface area contributed by atoms with Gasteiger partial charge < -0.3 is 19.3 Å². The van der Waals surface area contributed by atoms with Crippen molar-refractivity contribution >= 4 is 11.7 Å². The number of hydrogen-bond donors (Lipinski definition) is 0. The van der Waals surface area contributed by atoms with Gasteiger partial charge in [-0.1, -0.05) is 0 Å². The van der Waals surface area contributed by atoms with Crippen LogP contribution in [-0.2, 0) is 0 Å². The number of carbonyl (C=O) groups is 1. The van der Waals surface area contributed by atoms with Crippen LogP contribution in [0.5, 0.6) is 11.5 Å². The molecule has 2 bridgehead atoms. The molecule has 0 spiro atoms. The van der Waals surface area contributed by atoms with Gasteiger partial charge >= 0.3 is 0 Å². The highest BCUT2D eigenvalue weighted by Gasteiger charge is 2.47. The fourth-order valence-corrected chi connectivity index (χ4v) is 4.35. The second-order valence-electron chi connectivity index (χ2n) is 7.84. The lowest BCUT2D eigenvalue weighted by Crippen LogP contribution is -2.70. The molecule has 2 atom stereocenters. The number of hydrogen-bond acceptors (Lipinski definition) is 6. The smallest absolute Gasteiger partial charge is 0.254 e. The molecule has 1 amide bonds. The number of anilines is 1. The van der Waals surface area contributed by atoms with Crippen LogP contribution in [0.15, 0.2) is 30.6 Å². The molecule has 1 saturated carbocycles. The minimum atomic E-state index is 0.0412. The van der Waals surface area contributed by atoms with Gasteiger partial charge in [0.2, 0.25) is 0 Å². The van der Waals surface area contributed by atoms with Crippen molar-refractivity contribution in [1.82, 2.24) is 14.9 Å². The summed E-state index contributed by atoms with van der Waals surface area (Å²) < 4.78 is 10.6. The van der Waals surface area contributed by atoms with Crippen LogP contribution in [0.4, 0.5) is 5.82 Å². The summed E-state index contributed by atoms with van der Waals surface area (Å²) in [7, 11) is 3.19. The fraction of sp³-hybridized carbons (Fsp3) is 0.476. The number of piperidine rings is 1. The van der Waals surface area contributed by atoms with Crippen LogP contribution in [0, 0.1) is 0 Å². The van der Waals surface area contributed by atoms with Crippen molar-refractivity contribution in [2.45, 2.75) is 37.3 Å². The molecule has 0 radical (unpaired) electrons. The maximum absolute atomic E-state index is 13.1. The Hall–Kier alpha value is -2.83. The van der Waals surface area contributed by atoms with Crippen molar-refractivity contribution in [2.24, 2.45) is 0 Å². The number of rotatable bonds is 5. The molecule has 3 saturated heterocycles. The van der Waals surface area contributed by atoms with Gasteiger partial charge in [0, 0.05) is 42.4 Å². The summed E-state index contributed by atoms with van der Waals surface area (Å²) in [6.45, 7) is 1.62. The number of benzene rings is 1. The van der Waals surface area contributed by atoms with Gasteiger partial charge in [-0.05, 0) is 31.4 Å². The normalized spacial score (nSPS) is 23.2. The molecule has 2 aromatic rings. The second-order valence-corrected chi connectivity index (χ2v) is 7.84. The van der Waals surface area contributed by atoms with Crippen molar-refractivity contribution in [2.75, 3.05) is 32.2 Å². The Morgan fingerprint density at radius 3 is 2.29 bits per heavy atom. The first kappa shape index (κ1) is 17.3. The lowest BCUT2D eigenvalue weighted by molar-refractivity contribution is 0.00570. The predicted molar refractivity (Wildman–Crippen MR) is 104 cm³/mol. The Kier molecular flexibility index (Phi) is 4.10. The topological polar surface area (TPSA) is 67.8 Å². The van der Waals surface area contributed by atoms with E-state index in [1.807, 2.05) is 4.90 Å². The van der Waals surface area contributed by atoms with E-state index in [9.17, 15) is 4.79 Å². The number of nitrogens with zero attached hydrogens (tertiary/aromatic N) is 4. The van der Waals surface area contributed by atoms with Gasteiger partial charge in [0.25, 0.3) is 5.91 Å². The first-order valence-corrected chi connectivity index (χ1v) is 9.79. The standard InChI is InChI=1S/C21H24N4O3/c1-27-17-5-14(6-18(8-17)28-2)21(26)25-15-7-16(25)11-24(10-15)20-9-19(13-3-4-13)22-12-23-20/h5-6,8-9,12-13,15-16H,3-4,7,10-11H2,1-2H3. The van der Waals surface area contributed by atoms with Gasteiger partial charge in [0.15, 0.2) is 0 Å². The van der Waals surface area contributed by atoms with Crippen LogP contribution in [0.3, 0.4) is 0 Å². The molecule has 1 aliphatic carbocycles. The highest BCUT2D eigenvalue weighted by molar-refractivity contribution is 5.96. The maximum Gasteiger partial charge on any atom is 0.254 e. The largest absolute Gasteiger partial charge is 0.497 e. The average molecular weight is 380 g/mol. The van der Waals surface area contributed by atoms with E-state index >= 15 is 0 Å². The number of amides is 1. The molecular formula is C21H24N4O3. The van der Waals surface area contributed by atoms with Crippen LogP contribution in [0.25, 0.3) is 0 Å². The number of methoxy groups -OCH3 is 2. The summed E-state index contributed by atoms with van der Waals surface area (Å²) in [5.41, 5.74) is 1.76. The molecule has 2 unspecified atom stereocenters. The van der Waals surface area contributed by atoms with Crippen LogP contribution < -0.4 is 14.4 Å². The van der Waals surface area contributed by atoms with Gasteiger partial charge in [-0.2, -0.15) is 0 Å². The molecule has 146 valence electrons. The number of piperazine rings is 1. The van der Waals surface area contributed by atoms with E-state index in [4.69, 9.17) is 9.47 Å². The summed E-state index contributed by atoms with van der Waals surface area (Å²) in [4.78, 5) is 26.3. The van der Waals surface area contributed by atoms with E-state index < -0.39 is 0 Å². The molecule has 7 nitrogen and oxygen atoms in total. The van der Waals surface area contributed by atoms with Crippen molar-refractivity contribution in [3.63, 3.8) is 0 Å². The monoisotopic (exact) mass is 380 g/mol. The minimum Gasteiger partial charge on any atom is -0.497 e. The lowest BCUT2D eigenvalue weighted by Gasteiger charge is -2.56. The first-order chi connectivity index (χ1) is 13.7. The zero-order valence-corrected chi connectivity index (χ0v) is 16.2. The Morgan fingerprint density at radius 2 is 1.68 bits per heavy atom. The summed E-state index contributed by atoms with van der Waals surface area (Å²) in [5, 5.41) is 0. The number of fused-ring (bicyclic) bond motifs is 2. The molecule has 3 aliphatic heterocycles. The highest BCUT2D eigenvalue weighted by Crippen LogP contribution is 2.41. The molecule has 6 rings (SSSR count). The molecular weight excluding hydrogens is 356 g/mol. The van der Waals surface area contributed by atoms with Gasteiger partial charge in [0.1, 0.15) is 23.6 Å². The van der Waals surface area contributed by atoms with E-state index in [0.29, 0.717) is 23.0 Å². The summed E-state index contributed by atoms with van der Waals surface area (Å²) in [6, 6.07) is 7.89. The van der Waals surface area contributed by atoms with Crippen molar-refractivity contribution in [3.05, 3.63) is 41.9 Å². The minimum absolute atomic E-state index is 0.0412. The molecule has 4 heterocycles. The molecule has 4 aliphatic rings. The zero-order chi connectivity index (χ0) is 19.3. The maximum atomic E-state index is 13.1. The zero-order valence-electron chi connectivity index (χ0n) is 16.2.